The van der Waals surface area contributed by atoms with Gasteiger partial charge in [-0.05, 0) is 32.4 Å². The number of hydrogen-bond donors (Lipinski definition) is 1. The minimum Gasteiger partial charge on any atom is -0.347 e. The van der Waals surface area contributed by atoms with Crippen molar-refractivity contribution in [3.05, 3.63) is 41.2 Å². The van der Waals surface area contributed by atoms with Crippen LogP contribution in [0.5, 0.6) is 0 Å². The number of carbonyl (C=O) groups excluding carboxylic acids is 1. The molecule has 10 nitrogen and oxygen atoms in total. The van der Waals surface area contributed by atoms with E-state index in [1.165, 1.54) is 13.9 Å². The Kier molecular flexibility index (Phi) is 6.64. The number of urea groups is 1. The quantitative estimate of drug-likeness (QED) is 0.693. The van der Waals surface area contributed by atoms with Crippen LogP contribution < -0.4 is 5.32 Å². The molecule has 0 saturated carbocycles. The van der Waals surface area contributed by atoms with Gasteiger partial charge in [-0.3, -0.25) is 4.68 Å². The van der Waals surface area contributed by atoms with Crippen molar-refractivity contribution in [2.24, 2.45) is 7.05 Å². The summed E-state index contributed by atoms with van der Waals surface area (Å²) in [5.74, 6) is -3.04. The molecule has 2 amide bonds. The third-order valence-electron chi connectivity index (χ3n) is 5.99. The van der Waals surface area contributed by atoms with Gasteiger partial charge >= 0.3 is 6.03 Å². The van der Waals surface area contributed by atoms with Gasteiger partial charge in [-0.15, -0.1) is 0 Å². The summed E-state index contributed by atoms with van der Waals surface area (Å²) in [4.78, 5) is 14.3. The van der Waals surface area contributed by atoms with E-state index in [2.05, 4.69) is 10.4 Å². The van der Waals surface area contributed by atoms with Crippen LogP contribution in [0.4, 0.5) is 19.3 Å². The zero-order valence-corrected chi connectivity index (χ0v) is 20.0. The first-order chi connectivity index (χ1) is 16.0. The van der Waals surface area contributed by atoms with Crippen molar-refractivity contribution in [3.63, 3.8) is 0 Å². The first-order valence-corrected chi connectivity index (χ1v) is 12.3. The van der Waals surface area contributed by atoms with Crippen LogP contribution in [0.15, 0.2) is 23.1 Å². The van der Waals surface area contributed by atoms with Gasteiger partial charge in [-0.25, -0.2) is 22.0 Å². The van der Waals surface area contributed by atoms with Gasteiger partial charge < -0.3 is 19.7 Å². The molecule has 1 N–H and O–H groups in total. The highest BCUT2D eigenvalue weighted by Crippen LogP contribution is 2.30. The van der Waals surface area contributed by atoms with Gasteiger partial charge in [0.1, 0.15) is 16.5 Å². The standard InChI is InChI=1S/C21H27F2N5O5S/c1-14-19(15(2)26(3)25-14)34(30,31)28-7-4-9-32-21(13-28)12-27(8-10-33-21)20(29)24-18-6-5-16(22)11-17(18)23/h5-6,11H,4,7-10,12-13H2,1-3H3,(H,24,29). The van der Waals surface area contributed by atoms with Crippen LogP contribution in [0.3, 0.4) is 0 Å². The predicted octanol–water partition coefficient (Wildman–Crippen LogP) is 1.99. The number of anilines is 1. The Labute approximate surface area is 196 Å². The fourth-order valence-electron chi connectivity index (χ4n) is 4.25. The molecule has 1 unspecified atom stereocenters. The number of aryl methyl sites for hydroxylation is 2. The summed E-state index contributed by atoms with van der Waals surface area (Å²) in [6.45, 7) is 3.87. The predicted molar refractivity (Wildman–Crippen MR) is 118 cm³/mol. The monoisotopic (exact) mass is 499 g/mol. The largest absolute Gasteiger partial charge is 0.347 e. The highest BCUT2D eigenvalue weighted by molar-refractivity contribution is 7.89. The van der Waals surface area contributed by atoms with Crippen LogP contribution in [0.2, 0.25) is 0 Å². The molecular weight excluding hydrogens is 472 g/mol. The van der Waals surface area contributed by atoms with Crippen molar-refractivity contribution in [1.82, 2.24) is 19.0 Å². The molecule has 186 valence electrons. The van der Waals surface area contributed by atoms with Gasteiger partial charge in [0.15, 0.2) is 5.79 Å². The lowest BCUT2D eigenvalue weighted by molar-refractivity contribution is -0.257. The maximum absolute atomic E-state index is 14.0. The molecule has 2 fully saturated rings. The Bertz CT molecular complexity index is 1200. The topological polar surface area (TPSA) is 106 Å². The maximum atomic E-state index is 14.0. The first kappa shape index (κ1) is 24.5. The molecule has 0 bridgehead atoms. The van der Waals surface area contributed by atoms with Crippen molar-refractivity contribution >= 4 is 21.7 Å². The summed E-state index contributed by atoms with van der Waals surface area (Å²) in [7, 11) is -2.23. The molecule has 34 heavy (non-hydrogen) atoms. The van der Waals surface area contributed by atoms with E-state index in [9.17, 15) is 22.0 Å². The van der Waals surface area contributed by atoms with E-state index < -0.39 is 33.5 Å². The third kappa shape index (κ3) is 4.65. The lowest BCUT2D eigenvalue weighted by atomic mass is 10.2. The molecule has 2 aliphatic heterocycles. The zero-order valence-electron chi connectivity index (χ0n) is 19.2. The van der Waals surface area contributed by atoms with Crippen LogP contribution in [0.25, 0.3) is 0 Å². The summed E-state index contributed by atoms with van der Waals surface area (Å²) in [6, 6.07) is 2.22. The second kappa shape index (κ2) is 9.21. The molecule has 2 aromatic rings. The number of sulfonamides is 1. The molecule has 3 heterocycles. The Hall–Kier alpha value is -2.61. The Morgan fingerprint density at radius 2 is 1.88 bits per heavy atom. The first-order valence-electron chi connectivity index (χ1n) is 10.8. The van der Waals surface area contributed by atoms with E-state index in [1.807, 2.05) is 0 Å². The molecule has 13 heteroatoms. The maximum Gasteiger partial charge on any atom is 0.322 e. The molecular formula is C21H27F2N5O5S. The smallest absolute Gasteiger partial charge is 0.322 e. The van der Waals surface area contributed by atoms with E-state index >= 15 is 0 Å². The number of benzene rings is 1. The molecule has 2 aliphatic rings. The van der Waals surface area contributed by atoms with Gasteiger partial charge in [0, 0.05) is 26.2 Å². The minimum atomic E-state index is -3.91. The molecule has 0 aliphatic carbocycles. The van der Waals surface area contributed by atoms with Gasteiger partial charge in [0.05, 0.1) is 43.4 Å². The van der Waals surface area contributed by atoms with Crippen molar-refractivity contribution in [1.29, 1.82) is 0 Å². The number of rotatable bonds is 3. The van der Waals surface area contributed by atoms with Gasteiger partial charge in [-0.2, -0.15) is 9.40 Å². The Morgan fingerprint density at radius 1 is 1.15 bits per heavy atom. The third-order valence-corrected chi connectivity index (χ3v) is 8.09. The number of halogens is 2. The van der Waals surface area contributed by atoms with Crippen LogP contribution in [-0.2, 0) is 26.5 Å². The van der Waals surface area contributed by atoms with E-state index in [0.29, 0.717) is 23.9 Å². The van der Waals surface area contributed by atoms with Crippen molar-refractivity contribution in [3.8, 4) is 0 Å². The minimum absolute atomic E-state index is 0.0708. The Morgan fingerprint density at radius 3 is 2.56 bits per heavy atom. The van der Waals surface area contributed by atoms with E-state index in [0.717, 1.165) is 12.1 Å². The van der Waals surface area contributed by atoms with E-state index in [-0.39, 0.29) is 50.0 Å². The SMILES string of the molecule is Cc1nn(C)c(C)c1S(=O)(=O)N1CCCOC2(CN(C(=O)Nc3ccc(F)cc3F)CCO2)C1. The molecule has 0 radical (unpaired) electrons. The zero-order chi connectivity index (χ0) is 24.7. The van der Waals surface area contributed by atoms with Crippen molar-refractivity contribution in [2.45, 2.75) is 31.0 Å². The highest BCUT2D eigenvalue weighted by Gasteiger charge is 2.46. The molecule has 2 saturated heterocycles. The van der Waals surface area contributed by atoms with Crippen LogP contribution in [0.1, 0.15) is 17.8 Å². The van der Waals surface area contributed by atoms with Crippen molar-refractivity contribution < 1.29 is 31.5 Å². The van der Waals surface area contributed by atoms with Crippen molar-refractivity contribution in [2.75, 3.05) is 44.7 Å². The average molecular weight is 500 g/mol. The molecule has 1 spiro atoms. The van der Waals surface area contributed by atoms with Crippen LogP contribution in [-0.4, -0.2) is 78.6 Å². The number of nitrogens with one attached hydrogen (secondary N) is 1. The number of carbonyl (C=O) groups is 1. The number of nitrogens with zero attached hydrogens (tertiary/aromatic N) is 4. The van der Waals surface area contributed by atoms with Gasteiger partial charge in [0.2, 0.25) is 10.0 Å². The molecule has 4 rings (SSSR count). The van der Waals surface area contributed by atoms with E-state index in [1.54, 1.807) is 20.9 Å². The lowest BCUT2D eigenvalue weighted by Crippen LogP contribution is -2.60. The highest BCUT2D eigenvalue weighted by atomic mass is 32.2. The summed E-state index contributed by atoms with van der Waals surface area (Å²) in [5, 5.41) is 6.64. The number of hydrogen-bond acceptors (Lipinski definition) is 6. The second-order valence-electron chi connectivity index (χ2n) is 8.40. The van der Waals surface area contributed by atoms with Gasteiger partial charge in [-0.1, -0.05) is 0 Å². The summed E-state index contributed by atoms with van der Waals surface area (Å²) < 4.78 is 68.9. The van der Waals surface area contributed by atoms with Crippen LogP contribution in [0, 0.1) is 25.5 Å². The fourth-order valence-corrected chi connectivity index (χ4v) is 6.17. The second-order valence-corrected chi connectivity index (χ2v) is 10.3. The lowest BCUT2D eigenvalue weighted by Gasteiger charge is -2.42. The summed E-state index contributed by atoms with van der Waals surface area (Å²) >= 11 is 0. The molecule has 1 atom stereocenters. The Balaban J connectivity index is 1.55. The normalized spacial score (nSPS) is 22.1. The summed E-state index contributed by atoms with van der Waals surface area (Å²) in [5.41, 5.74) is 0.746. The average Bonchev–Trinajstić information content (AvgIpc) is 2.92. The number of aromatic nitrogens is 2. The van der Waals surface area contributed by atoms with Gasteiger partial charge in [0.25, 0.3) is 0 Å². The molecule has 1 aromatic heterocycles. The van der Waals surface area contributed by atoms with Crippen LogP contribution >= 0.6 is 0 Å². The van der Waals surface area contributed by atoms with E-state index in [4.69, 9.17) is 9.47 Å². The number of amides is 2. The summed E-state index contributed by atoms with van der Waals surface area (Å²) in [6.07, 6.45) is 0.440. The number of ether oxygens (including phenoxy) is 2. The number of morpholine rings is 1. The molecule has 1 aromatic carbocycles. The fraction of sp³-hybridized carbons (Fsp3) is 0.524.